The number of urea groups is 1. The molecule has 0 bridgehead atoms. The number of anilines is 2. The van der Waals surface area contributed by atoms with E-state index in [1.54, 1.807) is 37.4 Å². The van der Waals surface area contributed by atoms with Crippen molar-refractivity contribution < 1.29 is 18.7 Å². The van der Waals surface area contributed by atoms with Crippen molar-refractivity contribution in [1.29, 1.82) is 0 Å². The van der Waals surface area contributed by atoms with Crippen molar-refractivity contribution in [2.75, 3.05) is 17.7 Å². The molecule has 0 aromatic heterocycles. The minimum atomic E-state index is -0.618. The summed E-state index contributed by atoms with van der Waals surface area (Å²) in [6.07, 6.45) is 0. The van der Waals surface area contributed by atoms with Crippen molar-refractivity contribution in [3.63, 3.8) is 0 Å². The Hall–Kier alpha value is -3.87. The molecule has 0 heterocycles. The fraction of sp³-hybridized carbons (Fsp3) is 0.0909. The van der Waals surface area contributed by atoms with Crippen LogP contribution < -0.4 is 20.7 Å². The molecule has 0 unspecified atom stereocenters. The van der Waals surface area contributed by atoms with Gasteiger partial charge in [0, 0.05) is 6.54 Å². The quantitative estimate of drug-likeness (QED) is 0.580. The SMILES string of the molecule is COc1ccc(CNC(=O)Nc2ccccc2NC(=O)c2ccccc2F)cc1. The molecule has 3 N–H and O–H groups in total. The van der Waals surface area contributed by atoms with Crippen LogP contribution in [0.1, 0.15) is 15.9 Å². The molecule has 0 fully saturated rings. The third-order valence-electron chi connectivity index (χ3n) is 4.15. The molecule has 0 atom stereocenters. The zero-order valence-corrected chi connectivity index (χ0v) is 15.7. The van der Waals surface area contributed by atoms with E-state index in [1.807, 2.05) is 24.3 Å². The van der Waals surface area contributed by atoms with Gasteiger partial charge in [-0.2, -0.15) is 0 Å². The number of carbonyl (C=O) groups excluding carboxylic acids is 2. The predicted octanol–water partition coefficient (Wildman–Crippen LogP) is 4.41. The Balaban J connectivity index is 1.63. The van der Waals surface area contributed by atoms with E-state index in [2.05, 4.69) is 16.0 Å². The Labute approximate surface area is 167 Å². The van der Waals surface area contributed by atoms with Crippen LogP contribution in [-0.2, 0) is 6.54 Å². The fourth-order valence-corrected chi connectivity index (χ4v) is 2.63. The minimum Gasteiger partial charge on any atom is -0.497 e. The third kappa shape index (κ3) is 5.32. The summed E-state index contributed by atoms with van der Waals surface area (Å²) < 4.78 is 18.9. The molecular formula is C22H20FN3O3. The molecule has 0 saturated heterocycles. The van der Waals surface area contributed by atoms with Gasteiger partial charge in [0.15, 0.2) is 0 Å². The monoisotopic (exact) mass is 393 g/mol. The van der Waals surface area contributed by atoms with E-state index in [0.29, 0.717) is 17.9 Å². The highest BCUT2D eigenvalue weighted by atomic mass is 19.1. The number of hydrogen-bond donors (Lipinski definition) is 3. The molecule has 0 spiro atoms. The summed E-state index contributed by atoms with van der Waals surface area (Å²) in [4.78, 5) is 24.6. The number of halogens is 1. The number of amides is 3. The number of nitrogens with one attached hydrogen (secondary N) is 3. The second-order valence-corrected chi connectivity index (χ2v) is 6.14. The molecule has 0 saturated carbocycles. The van der Waals surface area contributed by atoms with Crippen molar-refractivity contribution in [2.24, 2.45) is 0 Å². The first-order valence-electron chi connectivity index (χ1n) is 8.89. The molecular weight excluding hydrogens is 373 g/mol. The maximum atomic E-state index is 13.8. The molecule has 3 aromatic rings. The van der Waals surface area contributed by atoms with Crippen LogP contribution in [0.2, 0.25) is 0 Å². The Bertz CT molecular complexity index is 1010. The van der Waals surface area contributed by atoms with E-state index >= 15 is 0 Å². The summed E-state index contributed by atoms with van der Waals surface area (Å²) in [5.74, 6) is -0.485. The Morgan fingerprint density at radius 2 is 1.48 bits per heavy atom. The maximum absolute atomic E-state index is 13.8. The summed E-state index contributed by atoms with van der Waals surface area (Å²) in [5, 5.41) is 8.06. The van der Waals surface area contributed by atoms with Gasteiger partial charge < -0.3 is 20.7 Å². The molecule has 3 rings (SSSR count). The molecule has 7 heteroatoms. The standard InChI is InChI=1S/C22H20FN3O3/c1-29-16-12-10-15(11-13-16)14-24-22(28)26-20-9-5-4-8-19(20)25-21(27)17-6-2-3-7-18(17)23/h2-13H,14H2,1H3,(H,25,27)(H2,24,26,28). The van der Waals surface area contributed by atoms with Gasteiger partial charge in [-0.25, -0.2) is 9.18 Å². The number of carbonyl (C=O) groups is 2. The van der Waals surface area contributed by atoms with E-state index < -0.39 is 17.8 Å². The van der Waals surface area contributed by atoms with Crippen LogP contribution in [-0.4, -0.2) is 19.0 Å². The highest BCUT2D eigenvalue weighted by molar-refractivity contribution is 6.07. The first-order valence-corrected chi connectivity index (χ1v) is 8.89. The zero-order valence-electron chi connectivity index (χ0n) is 15.7. The summed E-state index contributed by atoms with van der Waals surface area (Å²) >= 11 is 0. The van der Waals surface area contributed by atoms with E-state index in [4.69, 9.17) is 4.74 Å². The van der Waals surface area contributed by atoms with Crippen LogP contribution in [0.15, 0.2) is 72.8 Å². The van der Waals surface area contributed by atoms with Gasteiger partial charge in [0.05, 0.1) is 24.0 Å². The van der Waals surface area contributed by atoms with Crippen LogP contribution in [0, 0.1) is 5.82 Å². The van der Waals surface area contributed by atoms with Crippen molar-refractivity contribution in [3.8, 4) is 5.75 Å². The summed E-state index contributed by atoms with van der Waals surface area (Å²) in [7, 11) is 1.59. The highest BCUT2D eigenvalue weighted by Crippen LogP contribution is 2.22. The number of para-hydroxylation sites is 2. The summed E-state index contributed by atoms with van der Waals surface area (Å²) in [6.45, 7) is 0.319. The maximum Gasteiger partial charge on any atom is 0.319 e. The highest BCUT2D eigenvalue weighted by Gasteiger charge is 2.13. The van der Waals surface area contributed by atoms with Crippen LogP contribution in [0.3, 0.4) is 0 Å². The van der Waals surface area contributed by atoms with Gasteiger partial charge >= 0.3 is 6.03 Å². The lowest BCUT2D eigenvalue weighted by molar-refractivity contribution is 0.102. The molecule has 0 radical (unpaired) electrons. The first-order chi connectivity index (χ1) is 14.1. The lowest BCUT2D eigenvalue weighted by Gasteiger charge is -2.13. The molecule has 0 aliphatic rings. The van der Waals surface area contributed by atoms with Crippen molar-refractivity contribution in [3.05, 3.63) is 89.7 Å². The molecule has 0 aliphatic heterocycles. The Morgan fingerprint density at radius 1 is 0.862 bits per heavy atom. The lowest BCUT2D eigenvalue weighted by atomic mass is 10.2. The average Bonchev–Trinajstić information content (AvgIpc) is 2.74. The summed E-state index contributed by atoms with van der Waals surface area (Å²) in [6, 6.07) is 19.3. The van der Waals surface area contributed by atoms with Crippen LogP contribution in [0.25, 0.3) is 0 Å². The van der Waals surface area contributed by atoms with Gasteiger partial charge in [-0.15, -0.1) is 0 Å². The number of benzene rings is 3. The molecule has 148 valence electrons. The molecule has 3 amide bonds. The fourth-order valence-electron chi connectivity index (χ4n) is 2.63. The largest absolute Gasteiger partial charge is 0.497 e. The third-order valence-corrected chi connectivity index (χ3v) is 4.15. The minimum absolute atomic E-state index is 0.0775. The van der Waals surface area contributed by atoms with E-state index in [9.17, 15) is 14.0 Å². The van der Waals surface area contributed by atoms with Gasteiger partial charge in [0.2, 0.25) is 0 Å². The predicted molar refractivity (Wildman–Crippen MR) is 110 cm³/mol. The second kappa shape index (κ2) is 9.36. The van der Waals surface area contributed by atoms with Crippen LogP contribution in [0.4, 0.5) is 20.6 Å². The number of rotatable bonds is 6. The topological polar surface area (TPSA) is 79.5 Å². The number of hydrogen-bond acceptors (Lipinski definition) is 3. The van der Waals surface area contributed by atoms with E-state index in [0.717, 1.165) is 11.3 Å². The van der Waals surface area contributed by atoms with Gasteiger partial charge in [-0.3, -0.25) is 4.79 Å². The molecule has 29 heavy (non-hydrogen) atoms. The van der Waals surface area contributed by atoms with Crippen LogP contribution in [0.5, 0.6) is 5.75 Å². The van der Waals surface area contributed by atoms with Crippen LogP contribution >= 0.6 is 0 Å². The molecule has 6 nitrogen and oxygen atoms in total. The van der Waals surface area contributed by atoms with Gasteiger partial charge in [0.1, 0.15) is 11.6 Å². The van der Waals surface area contributed by atoms with Gasteiger partial charge in [0.25, 0.3) is 5.91 Å². The summed E-state index contributed by atoms with van der Waals surface area (Å²) in [5.41, 5.74) is 1.58. The zero-order chi connectivity index (χ0) is 20.6. The van der Waals surface area contributed by atoms with Crippen molar-refractivity contribution in [1.82, 2.24) is 5.32 Å². The lowest BCUT2D eigenvalue weighted by Crippen LogP contribution is -2.28. The first kappa shape index (κ1) is 19.9. The number of methoxy groups -OCH3 is 1. The van der Waals surface area contributed by atoms with E-state index in [-0.39, 0.29) is 5.56 Å². The normalized spacial score (nSPS) is 10.1. The smallest absolute Gasteiger partial charge is 0.319 e. The second-order valence-electron chi connectivity index (χ2n) is 6.14. The van der Waals surface area contributed by atoms with Gasteiger partial charge in [-0.1, -0.05) is 36.4 Å². The Kier molecular flexibility index (Phi) is 6.42. The van der Waals surface area contributed by atoms with E-state index in [1.165, 1.54) is 18.2 Å². The van der Waals surface area contributed by atoms with Crippen molar-refractivity contribution >= 4 is 23.3 Å². The Morgan fingerprint density at radius 3 is 2.14 bits per heavy atom. The average molecular weight is 393 g/mol. The van der Waals surface area contributed by atoms with Crippen molar-refractivity contribution in [2.45, 2.75) is 6.54 Å². The molecule has 3 aromatic carbocycles. The molecule has 0 aliphatic carbocycles. The van der Waals surface area contributed by atoms with Gasteiger partial charge in [-0.05, 0) is 42.0 Å². The number of ether oxygens (including phenoxy) is 1.